The molecule has 24 heavy (non-hydrogen) atoms. The summed E-state index contributed by atoms with van der Waals surface area (Å²) in [6.07, 6.45) is 9.80. The first-order valence-corrected chi connectivity index (χ1v) is 8.85. The molecule has 2 aliphatic heterocycles. The summed E-state index contributed by atoms with van der Waals surface area (Å²) in [7, 11) is 0. The number of rotatable bonds is 0. The zero-order chi connectivity index (χ0) is 16.6. The topological polar surface area (TPSA) is 52.6 Å². The maximum Gasteiger partial charge on any atom is 0.340 e. The van der Waals surface area contributed by atoms with Gasteiger partial charge in [0.25, 0.3) is 0 Å². The molecule has 0 radical (unpaired) electrons. The summed E-state index contributed by atoms with van der Waals surface area (Å²) in [5, 5.41) is 0. The highest BCUT2D eigenvalue weighted by molar-refractivity contribution is 5.99. The average Bonchev–Trinajstić information content (AvgIpc) is 3.10. The van der Waals surface area contributed by atoms with Crippen LogP contribution in [0, 0.1) is 23.2 Å². The highest BCUT2D eigenvalue weighted by atomic mass is 16.5. The van der Waals surface area contributed by atoms with Crippen molar-refractivity contribution in [2.75, 3.05) is 0 Å². The van der Waals surface area contributed by atoms with Crippen molar-refractivity contribution in [2.24, 2.45) is 23.2 Å². The predicted molar refractivity (Wildman–Crippen MR) is 86.2 cm³/mol. The molecule has 2 fully saturated rings. The van der Waals surface area contributed by atoms with Crippen LogP contribution in [-0.4, -0.2) is 11.9 Å². The molecule has 6 rings (SSSR count). The first kappa shape index (κ1) is 14.3. The molecule has 4 aliphatic carbocycles. The SMILES string of the molecule is CC=C1OC(=O)C2=C1CCC1C3C=C4C(=O)OC(=CC)C4(CC3)[C@H]21. The third-order valence-corrected chi connectivity index (χ3v) is 6.71. The number of ether oxygens (including phenoxy) is 2. The Bertz CT molecular complexity index is 809. The molecule has 0 aromatic heterocycles. The number of hydrogen-bond acceptors (Lipinski definition) is 4. The van der Waals surface area contributed by atoms with Gasteiger partial charge in [-0.3, -0.25) is 0 Å². The van der Waals surface area contributed by atoms with Gasteiger partial charge in [0.15, 0.2) is 0 Å². The Hall–Kier alpha value is -2.10. The van der Waals surface area contributed by atoms with Crippen molar-refractivity contribution >= 4 is 11.9 Å². The number of fused-ring (bicyclic) bond motifs is 1. The summed E-state index contributed by atoms with van der Waals surface area (Å²) in [6, 6.07) is 0. The summed E-state index contributed by atoms with van der Waals surface area (Å²) in [5.41, 5.74) is 2.20. The fourth-order valence-electron chi connectivity index (χ4n) is 5.90. The maximum absolute atomic E-state index is 12.7. The van der Waals surface area contributed by atoms with Gasteiger partial charge in [-0.15, -0.1) is 0 Å². The second kappa shape index (κ2) is 4.50. The van der Waals surface area contributed by atoms with Crippen LogP contribution in [0.3, 0.4) is 0 Å². The van der Waals surface area contributed by atoms with Gasteiger partial charge in [-0.2, -0.15) is 0 Å². The van der Waals surface area contributed by atoms with E-state index < -0.39 is 5.41 Å². The Kier molecular flexibility index (Phi) is 2.67. The number of allylic oxidation sites excluding steroid dienone is 5. The highest BCUT2D eigenvalue weighted by Gasteiger charge is 2.66. The van der Waals surface area contributed by atoms with E-state index in [2.05, 4.69) is 6.08 Å². The van der Waals surface area contributed by atoms with Crippen LogP contribution >= 0.6 is 0 Å². The van der Waals surface area contributed by atoms with Crippen LogP contribution < -0.4 is 0 Å². The molecule has 0 aromatic carbocycles. The van der Waals surface area contributed by atoms with E-state index in [1.165, 1.54) is 0 Å². The fraction of sp³-hybridized carbons (Fsp3) is 0.500. The summed E-state index contributed by atoms with van der Waals surface area (Å²) in [5.74, 6) is 1.79. The van der Waals surface area contributed by atoms with Gasteiger partial charge in [0.1, 0.15) is 11.5 Å². The molecule has 4 nitrogen and oxygen atoms in total. The predicted octanol–water partition coefficient (Wildman–Crippen LogP) is 3.57. The first-order chi connectivity index (χ1) is 11.6. The average molecular weight is 324 g/mol. The van der Waals surface area contributed by atoms with Gasteiger partial charge in [-0.05, 0) is 63.5 Å². The number of esters is 2. The quantitative estimate of drug-likeness (QED) is 0.639. The van der Waals surface area contributed by atoms with Crippen molar-refractivity contribution in [1.82, 2.24) is 0 Å². The fourth-order valence-corrected chi connectivity index (χ4v) is 5.90. The minimum Gasteiger partial charge on any atom is -0.427 e. The van der Waals surface area contributed by atoms with Crippen LogP contribution in [0.25, 0.3) is 0 Å². The van der Waals surface area contributed by atoms with Crippen molar-refractivity contribution in [3.05, 3.63) is 46.5 Å². The van der Waals surface area contributed by atoms with E-state index in [1.807, 2.05) is 26.0 Å². The molecule has 1 saturated carbocycles. The lowest BCUT2D eigenvalue weighted by Crippen LogP contribution is -2.50. The van der Waals surface area contributed by atoms with Crippen molar-refractivity contribution in [3.8, 4) is 0 Å². The largest absolute Gasteiger partial charge is 0.427 e. The van der Waals surface area contributed by atoms with Gasteiger partial charge in [0.2, 0.25) is 0 Å². The number of cyclic esters (lactones) is 2. The summed E-state index contributed by atoms with van der Waals surface area (Å²) < 4.78 is 11.2. The molecule has 2 heterocycles. The van der Waals surface area contributed by atoms with Gasteiger partial charge < -0.3 is 9.47 Å². The van der Waals surface area contributed by atoms with Gasteiger partial charge in [0, 0.05) is 22.6 Å². The third kappa shape index (κ3) is 1.41. The molecule has 1 saturated heterocycles. The minimum atomic E-state index is -0.450. The molecule has 0 N–H and O–H groups in total. The van der Waals surface area contributed by atoms with Crippen LogP contribution in [-0.2, 0) is 19.1 Å². The summed E-state index contributed by atoms with van der Waals surface area (Å²) in [6.45, 7) is 3.82. The lowest BCUT2D eigenvalue weighted by molar-refractivity contribution is -0.135. The molecular weight excluding hydrogens is 304 g/mol. The highest BCUT2D eigenvalue weighted by Crippen LogP contribution is 2.68. The zero-order valence-electron chi connectivity index (χ0n) is 13.9. The maximum atomic E-state index is 12.7. The summed E-state index contributed by atoms with van der Waals surface area (Å²) >= 11 is 0. The molecule has 1 spiro atoms. The van der Waals surface area contributed by atoms with E-state index in [0.717, 1.165) is 48.2 Å². The molecule has 0 aromatic rings. The van der Waals surface area contributed by atoms with Crippen LogP contribution in [0.1, 0.15) is 39.5 Å². The van der Waals surface area contributed by atoms with E-state index in [-0.39, 0.29) is 17.9 Å². The van der Waals surface area contributed by atoms with Crippen molar-refractivity contribution in [1.29, 1.82) is 0 Å². The van der Waals surface area contributed by atoms with E-state index in [9.17, 15) is 9.59 Å². The van der Waals surface area contributed by atoms with E-state index >= 15 is 0 Å². The van der Waals surface area contributed by atoms with Gasteiger partial charge in [0.05, 0.1) is 5.41 Å². The Balaban J connectivity index is 1.78. The summed E-state index contributed by atoms with van der Waals surface area (Å²) in [4.78, 5) is 25.1. The Morgan fingerprint density at radius 1 is 1.12 bits per heavy atom. The second-order valence-electron chi connectivity index (χ2n) is 7.41. The molecule has 6 aliphatic rings. The molecule has 124 valence electrons. The van der Waals surface area contributed by atoms with Gasteiger partial charge >= 0.3 is 11.9 Å². The zero-order valence-corrected chi connectivity index (χ0v) is 13.9. The van der Waals surface area contributed by atoms with Crippen molar-refractivity contribution in [3.63, 3.8) is 0 Å². The molecule has 3 unspecified atom stereocenters. The van der Waals surface area contributed by atoms with Crippen molar-refractivity contribution < 1.29 is 19.1 Å². The third-order valence-electron chi connectivity index (χ3n) is 6.71. The monoisotopic (exact) mass is 324 g/mol. The standard InChI is InChI=1S/C20H20O4/c1-3-14-12-6-5-11-10-7-8-20(17(11)16(12)19(22)23-14)13(9-10)18(21)24-15(20)4-2/h3-4,9-11,17H,5-8H2,1-2H3/t10?,11?,17-,20?/m0/s1. The molecule has 4 heteroatoms. The van der Waals surface area contributed by atoms with Gasteiger partial charge in [-0.25, -0.2) is 9.59 Å². The Morgan fingerprint density at radius 3 is 2.71 bits per heavy atom. The Morgan fingerprint density at radius 2 is 1.96 bits per heavy atom. The smallest absolute Gasteiger partial charge is 0.340 e. The molecule has 0 amide bonds. The number of carbonyl (C=O) groups excluding carboxylic acids is 2. The van der Waals surface area contributed by atoms with E-state index in [0.29, 0.717) is 17.6 Å². The molecule has 2 bridgehead atoms. The molecule has 4 atom stereocenters. The second-order valence-corrected chi connectivity index (χ2v) is 7.41. The van der Waals surface area contributed by atoms with Crippen LogP contribution in [0.2, 0.25) is 0 Å². The number of carbonyl (C=O) groups is 2. The minimum absolute atomic E-state index is 0.0163. The lowest BCUT2D eigenvalue weighted by Gasteiger charge is -2.54. The van der Waals surface area contributed by atoms with Crippen molar-refractivity contribution in [2.45, 2.75) is 39.5 Å². The molecular formula is C20H20O4. The Labute approximate surface area is 140 Å². The lowest BCUT2D eigenvalue weighted by atomic mass is 9.47. The van der Waals surface area contributed by atoms with Gasteiger partial charge in [-0.1, -0.05) is 6.08 Å². The van der Waals surface area contributed by atoms with E-state index in [4.69, 9.17) is 9.47 Å². The van der Waals surface area contributed by atoms with Crippen LogP contribution in [0.15, 0.2) is 46.5 Å². The van der Waals surface area contributed by atoms with Crippen LogP contribution in [0.4, 0.5) is 0 Å². The van der Waals surface area contributed by atoms with Crippen LogP contribution in [0.5, 0.6) is 0 Å². The number of hydrogen-bond donors (Lipinski definition) is 0. The van der Waals surface area contributed by atoms with E-state index in [1.54, 1.807) is 0 Å². The first-order valence-electron chi connectivity index (χ1n) is 8.85. The normalized spacial score (nSPS) is 42.8.